The number of aliphatic hydroxyl groups is 1. The second-order valence-corrected chi connectivity index (χ2v) is 5.00. The van der Waals surface area contributed by atoms with E-state index in [9.17, 15) is 10.2 Å². The van der Waals surface area contributed by atoms with Crippen molar-refractivity contribution in [3.8, 4) is 5.75 Å². The highest BCUT2D eigenvalue weighted by atomic mass is 79.9. The van der Waals surface area contributed by atoms with Crippen molar-refractivity contribution in [2.75, 3.05) is 0 Å². The van der Waals surface area contributed by atoms with Gasteiger partial charge in [-0.15, -0.1) is 0 Å². The maximum Gasteiger partial charge on any atom is 0.135 e. The molecule has 2 nitrogen and oxygen atoms in total. The minimum absolute atomic E-state index is 0.200. The lowest BCUT2D eigenvalue weighted by molar-refractivity contribution is 0.193. The Morgan fingerprint density at radius 2 is 2.00 bits per heavy atom. The molecule has 1 aliphatic rings. The van der Waals surface area contributed by atoms with Crippen LogP contribution in [0, 0.1) is 0 Å². The molecule has 1 aliphatic carbocycles. The van der Waals surface area contributed by atoms with E-state index in [-0.39, 0.29) is 5.75 Å². The minimum Gasteiger partial charge on any atom is -0.506 e. The van der Waals surface area contributed by atoms with Crippen LogP contribution in [-0.4, -0.2) is 10.2 Å². The molecule has 0 aliphatic heterocycles. The van der Waals surface area contributed by atoms with Crippen LogP contribution in [0.5, 0.6) is 5.75 Å². The van der Waals surface area contributed by atoms with Crippen LogP contribution in [0.4, 0.5) is 0 Å². The van der Waals surface area contributed by atoms with E-state index in [0.717, 1.165) is 24.8 Å². The molecule has 3 heteroatoms. The molecule has 2 N–H and O–H groups in total. The quantitative estimate of drug-likeness (QED) is 0.824. The smallest absolute Gasteiger partial charge is 0.135 e. The Morgan fingerprint density at radius 3 is 2.67 bits per heavy atom. The van der Waals surface area contributed by atoms with Gasteiger partial charge in [0.2, 0.25) is 0 Å². The third kappa shape index (κ3) is 1.91. The predicted octanol–water partition coefficient (Wildman–Crippen LogP) is 3.09. The SMILES string of the molecule is CC(O)c1c(O)c(Br)cc2c1CCCC2. The first kappa shape index (κ1) is 11.0. The van der Waals surface area contributed by atoms with E-state index in [1.165, 1.54) is 12.0 Å². The van der Waals surface area contributed by atoms with Crippen LogP contribution in [0.3, 0.4) is 0 Å². The zero-order valence-corrected chi connectivity index (χ0v) is 10.3. The fraction of sp³-hybridized carbons (Fsp3) is 0.500. The molecule has 0 fully saturated rings. The van der Waals surface area contributed by atoms with Crippen LogP contribution in [-0.2, 0) is 12.8 Å². The number of hydrogen-bond acceptors (Lipinski definition) is 2. The Balaban J connectivity index is 2.63. The van der Waals surface area contributed by atoms with Crippen LogP contribution in [0.2, 0.25) is 0 Å². The largest absolute Gasteiger partial charge is 0.506 e. The minimum atomic E-state index is -0.602. The number of rotatable bonds is 1. The summed E-state index contributed by atoms with van der Waals surface area (Å²) in [5, 5.41) is 19.6. The van der Waals surface area contributed by atoms with E-state index in [4.69, 9.17) is 0 Å². The molecule has 1 atom stereocenters. The Kier molecular flexibility index (Phi) is 3.03. The Labute approximate surface area is 98.1 Å². The monoisotopic (exact) mass is 270 g/mol. The first-order valence-corrected chi connectivity index (χ1v) is 6.11. The van der Waals surface area contributed by atoms with E-state index in [1.807, 2.05) is 6.07 Å². The summed E-state index contributed by atoms with van der Waals surface area (Å²) in [5.41, 5.74) is 3.12. The summed E-state index contributed by atoms with van der Waals surface area (Å²) < 4.78 is 0.694. The molecule has 15 heavy (non-hydrogen) atoms. The first-order chi connectivity index (χ1) is 7.11. The van der Waals surface area contributed by atoms with Gasteiger partial charge in [-0.25, -0.2) is 0 Å². The molecule has 1 aromatic rings. The number of phenols is 1. The maximum absolute atomic E-state index is 9.92. The van der Waals surface area contributed by atoms with E-state index in [2.05, 4.69) is 15.9 Å². The summed E-state index contributed by atoms with van der Waals surface area (Å²) >= 11 is 3.33. The van der Waals surface area contributed by atoms with Gasteiger partial charge in [0.1, 0.15) is 5.75 Å². The Hall–Kier alpha value is -0.540. The van der Waals surface area contributed by atoms with Crippen molar-refractivity contribution in [2.45, 2.75) is 38.7 Å². The molecule has 0 bridgehead atoms. The van der Waals surface area contributed by atoms with Crippen LogP contribution < -0.4 is 0 Å². The number of halogens is 1. The first-order valence-electron chi connectivity index (χ1n) is 5.32. The molecule has 0 aromatic heterocycles. The fourth-order valence-corrected chi connectivity index (χ4v) is 2.83. The van der Waals surface area contributed by atoms with Crippen LogP contribution in [0.25, 0.3) is 0 Å². The highest BCUT2D eigenvalue weighted by Crippen LogP contribution is 2.39. The molecule has 1 unspecified atom stereocenters. The van der Waals surface area contributed by atoms with E-state index in [1.54, 1.807) is 6.92 Å². The van der Waals surface area contributed by atoms with Gasteiger partial charge in [0, 0.05) is 5.56 Å². The predicted molar refractivity (Wildman–Crippen MR) is 63.1 cm³/mol. The van der Waals surface area contributed by atoms with Crippen molar-refractivity contribution in [3.05, 3.63) is 27.2 Å². The summed E-state index contributed by atoms with van der Waals surface area (Å²) in [6.07, 6.45) is 3.76. The second kappa shape index (κ2) is 4.14. The molecule has 0 heterocycles. The number of fused-ring (bicyclic) bond motifs is 1. The van der Waals surface area contributed by atoms with E-state index in [0.29, 0.717) is 10.0 Å². The van der Waals surface area contributed by atoms with Crippen molar-refractivity contribution in [3.63, 3.8) is 0 Å². The maximum atomic E-state index is 9.92. The topological polar surface area (TPSA) is 40.5 Å². The van der Waals surface area contributed by atoms with Crippen LogP contribution in [0.1, 0.15) is 42.6 Å². The van der Waals surface area contributed by atoms with Crippen molar-refractivity contribution in [2.24, 2.45) is 0 Å². The van der Waals surface area contributed by atoms with Gasteiger partial charge in [-0.2, -0.15) is 0 Å². The number of phenolic OH excluding ortho intramolecular Hbond substituents is 1. The number of aliphatic hydroxyl groups excluding tert-OH is 1. The van der Waals surface area contributed by atoms with Gasteiger partial charge in [-0.05, 0) is 65.7 Å². The lowest BCUT2D eigenvalue weighted by Gasteiger charge is -2.22. The molecule has 0 saturated carbocycles. The zero-order valence-electron chi connectivity index (χ0n) is 8.76. The summed E-state index contributed by atoms with van der Waals surface area (Å²) in [7, 11) is 0. The van der Waals surface area contributed by atoms with Gasteiger partial charge in [-0.1, -0.05) is 0 Å². The highest BCUT2D eigenvalue weighted by molar-refractivity contribution is 9.10. The van der Waals surface area contributed by atoms with Gasteiger partial charge < -0.3 is 10.2 Å². The molecule has 0 saturated heterocycles. The molecule has 0 radical (unpaired) electrons. The fourth-order valence-electron chi connectivity index (χ4n) is 2.34. The number of aryl methyl sites for hydroxylation is 1. The molecule has 0 amide bonds. The second-order valence-electron chi connectivity index (χ2n) is 4.14. The normalized spacial score (nSPS) is 17.3. The number of benzene rings is 1. The zero-order chi connectivity index (χ0) is 11.0. The summed E-state index contributed by atoms with van der Waals surface area (Å²) in [6.45, 7) is 1.70. The van der Waals surface area contributed by atoms with Gasteiger partial charge in [0.05, 0.1) is 10.6 Å². The summed E-state index contributed by atoms with van der Waals surface area (Å²) in [5.74, 6) is 0.200. The average Bonchev–Trinajstić information content (AvgIpc) is 2.19. The molecule has 1 aromatic carbocycles. The highest BCUT2D eigenvalue weighted by Gasteiger charge is 2.21. The third-order valence-corrected chi connectivity index (χ3v) is 3.64. The number of hydrogen-bond donors (Lipinski definition) is 2. The third-order valence-electron chi connectivity index (χ3n) is 3.04. The molecular weight excluding hydrogens is 256 g/mol. The van der Waals surface area contributed by atoms with Crippen molar-refractivity contribution >= 4 is 15.9 Å². The van der Waals surface area contributed by atoms with E-state index < -0.39 is 6.10 Å². The Bertz CT molecular complexity index is 386. The standard InChI is InChI=1S/C12H15BrO2/c1-7(14)11-9-5-3-2-4-8(9)6-10(13)12(11)15/h6-7,14-15H,2-5H2,1H3. The molecule has 82 valence electrons. The van der Waals surface area contributed by atoms with Gasteiger partial charge >= 0.3 is 0 Å². The molecule has 2 rings (SSSR count). The van der Waals surface area contributed by atoms with Crippen LogP contribution in [0.15, 0.2) is 10.5 Å². The van der Waals surface area contributed by atoms with Gasteiger partial charge in [0.15, 0.2) is 0 Å². The lowest BCUT2D eigenvalue weighted by atomic mass is 9.86. The molecular formula is C12H15BrO2. The number of aromatic hydroxyl groups is 1. The van der Waals surface area contributed by atoms with Gasteiger partial charge in [-0.3, -0.25) is 0 Å². The van der Waals surface area contributed by atoms with Crippen LogP contribution >= 0.6 is 15.9 Å². The Morgan fingerprint density at radius 1 is 1.33 bits per heavy atom. The summed E-state index contributed by atoms with van der Waals surface area (Å²) in [4.78, 5) is 0. The van der Waals surface area contributed by atoms with Crippen molar-refractivity contribution in [1.29, 1.82) is 0 Å². The summed E-state index contributed by atoms with van der Waals surface area (Å²) in [6, 6.07) is 1.98. The van der Waals surface area contributed by atoms with Gasteiger partial charge in [0.25, 0.3) is 0 Å². The van der Waals surface area contributed by atoms with Crippen molar-refractivity contribution in [1.82, 2.24) is 0 Å². The van der Waals surface area contributed by atoms with Crippen molar-refractivity contribution < 1.29 is 10.2 Å². The van der Waals surface area contributed by atoms with E-state index >= 15 is 0 Å². The lowest BCUT2D eigenvalue weighted by Crippen LogP contribution is -2.09. The molecule has 0 spiro atoms. The average molecular weight is 271 g/mol.